The van der Waals surface area contributed by atoms with Crippen LogP contribution in [0.15, 0.2) is 41.7 Å². The summed E-state index contributed by atoms with van der Waals surface area (Å²) in [5.74, 6) is 1.12. The quantitative estimate of drug-likeness (QED) is 0.540. The minimum Gasteiger partial charge on any atom is -0.340 e. The Kier molecular flexibility index (Phi) is 4.99. The summed E-state index contributed by atoms with van der Waals surface area (Å²) in [7, 11) is 0. The van der Waals surface area contributed by atoms with Crippen molar-refractivity contribution in [3.05, 3.63) is 48.2 Å². The summed E-state index contributed by atoms with van der Waals surface area (Å²) in [5, 5.41) is 4.10. The largest absolute Gasteiger partial charge is 0.340 e. The van der Waals surface area contributed by atoms with Gasteiger partial charge in [0, 0.05) is 17.7 Å². The van der Waals surface area contributed by atoms with Crippen molar-refractivity contribution in [2.75, 3.05) is 19.3 Å². The highest BCUT2D eigenvalue weighted by molar-refractivity contribution is 7.98. The van der Waals surface area contributed by atoms with E-state index in [2.05, 4.69) is 20.3 Å². The first-order valence-electron chi connectivity index (χ1n) is 8.68. The maximum atomic E-state index is 13.4. The monoisotopic (exact) mass is 369 g/mol. The Bertz CT molecular complexity index is 887. The zero-order valence-corrected chi connectivity index (χ0v) is 15.3. The van der Waals surface area contributed by atoms with Gasteiger partial charge in [0.1, 0.15) is 11.6 Å². The lowest BCUT2D eigenvalue weighted by Gasteiger charge is -2.20. The van der Waals surface area contributed by atoms with Crippen LogP contribution < -0.4 is 5.32 Å². The summed E-state index contributed by atoms with van der Waals surface area (Å²) in [5.41, 5.74) is 3.35. The average molecular weight is 369 g/mol. The number of aromatic amines is 1. The van der Waals surface area contributed by atoms with Gasteiger partial charge in [-0.3, -0.25) is 0 Å². The van der Waals surface area contributed by atoms with Crippen LogP contribution >= 0.6 is 11.8 Å². The van der Waals surface area contributed by atoms with Gasteiger partial charge < -0.3 is 10.3 Å². The molecule has 5 nitrogen and oxygen atoms in total. The topological polar surface area (TPSA) is 66.5 Å². The van der Waals surface area contributed by atoms with Gasteiger partial charge in [-0.1, -0.05) is 11.8 Å². The number of halogens is 1. The third-order valence-electron chi connectivity index (χ3n) is 4.64. The van der Waals surface area contributed by atoms with Crippen LogP contribution in [-0.4, -0.2) is 39.3 Å². The molecular formula is C19H20FN5S. The molecule has 134 valence electrons. The number of hydrogen-bond acceptors (Lipinski definition) is 5. The number of aromatic nitrogens is 4. The van der Waals surface area contributed by atoms with E-state index < -0.39 is 0 Å². The molecule has 3 heterocycles. The summed E-state index contributed by atoms with van der Waals surface area (Å²) in [6.07, 6.45) is 5.81. The fraction of sp³-hybridized carbons (Fsp3) is 0.316. The Morgan fingerprint density at radius 1 is 1.08 bits per heavy atom. The number of rotatable bonds is 4. The number of benzene rings is 1. The van der Waals surface area contributed by atoms with Gasteiger partial charge in [0.25, 0.3) is 0 Å². The van der Waals surface area contributed by atoms with E-state index >= 15 is 0 Å². The Labute approximate surface area is 155 Å². The molecule has 0 saturated carbocycles. The fourth-order valence-corrected chi connectivity index (χ4v) is 3.62. The molecular weight excluding hydrogens is 349 g/mol. The van der Waals surface area contributed by atoms with E-state index in [-0.39, 0.29) is 5.82 Å². The Morgan fingerprint density at radius 3 is 2.58 bits per heavy atom. The van der Waals surface area contributed by atoms with Gasteiger partial charge in [-0.25, -0.2) is 19.3 Å². The van der Waals surface area contributed by atoms with Crippen LogP contribution in [0.1, 0.15) is 24.6 Å². The van der Waals surface area contributed by atoms with Crippen LogP contribution in [0.3, 0.4) is 0 Å². The van der Waals surface area contributed by atoms with Crippen LogP contribution in [0.25, 0.3) is 22.6 Å². The van der Waals surface area contributed by atoms with Crippen molar-refractivity contribution >= 4 is 11.8 Å². The van der Waals surface area contributed by atoms with Gasteiger partial charge in [-0.2, -0.15) is 0 Å². The highest BCUT2D eigenvalue weighted by Gasteiger charge is 2.22. The van der Waals surface area contributed by atoms with E-state index in [1.165, 1.54) is 23.9 Å². The molecule has 1 aliphatic rings. The fourth-order valence-electron chi connectivity index (χ4n) is 3.26. The molecule has 0 aliphatic carbocycles. The van der Waals surface area contributed by atoms with Crippen LogP contribution in [0.2, 0.25) is 0 Å². The predicted molar refractivity (Wildman–Crippen MR) is 102 cm³/mol. The zero-order valence-electron chi connectivity index (χ0n) is 14.5. The Hall–Kier alpha value is -2.25. The van der Waals surface area contributed by atoms with Crippen molar-refractivity contribution < 1.29 is 4.39 Å². The molecule has 0 atom stereocenters. The number of thioether (sulfide) groups is 1. The van der Waals surface area contributed by atoms with E-state index in [1.807, 2.05) is 12.3 Å². The van der Waals surface area contributed by atoms with E-state index in [4.69, 9.17) is 4.98 Å². The summed E-state index contributed by atoms with van der Waals surface area (Å²) < 4.78 is 13.4. The predicted octanol–water partition coefficient (Wildman–Crippen LogP) is 3.86. The first kappa shape index (κ1) is 17.2. The molecule has 0 spiro atoms. The maximum Gasteiger partial charge on any atom is 0.187 e. The molecule has 4 rings (SSSR count). The SMILES string of the molecule is CSc1nccc(-c2[nH]c(C3CCNCC3)nc2-c2ccc(F)cc2)n1. The minimum atomic E-state index is -0.254. The normalized spacial score (nSPS) is 15.3. The molecule has 2 aromatic heterocycles. The second kappa shape index (κ2) is 7.55. The molecule has 0 amide bonds. The molecule has 0 unspecified atom stereocenters. The standard InChI is InChI=1S/C19H20FN5S/c1-26-19-22-11-8-15(23-19)17-16(12-2-4-14(20)5-3-12)24-18(25-17)13-6-9-21-10-7-13/h2-5,8,11,13,21H,6-7,9-10H2,1H3,(H,24,25). The second-order valence-electron chi connectivity index (χ2n) is 6.31. The van der Waals surface area contributed by atoms with Crippen molar-refractivity contribution in [3.8, 4) is 22.6 Å². The Balaban J connectivity index is 1.81. The number of imidazole rings is 1. The lowest BCUT2D eigenvalue weighted by atomic mass is 9.98. The molecule has 1 aliphatic heterocycles. The van der Waals surface area contributed by atoms with Crippen LogP contribution in [0.5, 0.6) is 0 Å². The maximum absolute atomic E-state index is 13.4. The molecule has 1 aromatic carbocycles. The van der Waals surface area contributed by atoms with Crippen molar-refractivity contribution in [2.45, 2.75) is 23.9 Å². The smallest absolute Gasteiger partial charge is 0.187 e. The lowest BCUT2D eigenvalue weighted by Crippen LogP contribution is -2.27. The minimum absolute atomic E-state index is 0.254. The van der Waals surface area contributed by atoms with Gasteiger partial charge in [0.05, 0.1) is 17.1 Å². The van der Waals surface area contributed by atoms with Crippen molar-refractivity contribution in [1.82, 2.24) is 25.3 Å². The van der Waals surface area contributed by atoms with Gasteiger partial charge in [0.2, 0.25) is 0 Å². The van der Waals surface area contributed by atoms with Gasteiger partial charge in [-0.15, -0.1) is 0 Å². The molecule has 0 radical (unpaired) electrons. The number of H-pyrrole nitrogens is 1. The van der Waals surface area contributed by atoms with Gasteiger partial charge in [0.15, 0.2) is 5.16 Å². The van der Waals surface area contributed by atoms with Crippen molar-refractivity contribution in [1.29, 1.82) is 0 Å². The number of nitrogens with zero attached hydrogens (tertiary/aromatic N) is 3. The molecule has 0 bridgehead atoms. The van der Waals surface area contributed by atoms with E-state index in [9.17, 15) is 4.39 Å². The van der Waals surface area contributed by atoms with Crippen molar-refractivity contribution in [2.24, 2.45) is 0 Å². The molecule has 7 heteroatoms. The third-order valence-corrected chi connectivity index (χ3v) is 5.20. The third kappa shape index (κ3) is 3.50. The van der Waals surface area contributed by atoms with Gasteiger partial charge >= 0.3 is 0 Å². The molecule has 1 fully saturated rings. The zero-order chi connectivity index (χ0) is 17.9. The van der Waals surface area contributed by atoms with E-state index in [0.717, 1.165) is 54.4 Å². The molecule has 1 saturated heterocycles. The first-order chi connectivity index (χ1) is 12.7. The molecule has 26 heavy (non-hydrogen) atoms. The Morgan fingerprint density at radius 2 is 1.85 bits per heavy atom. The highest BCUT2D eigenvalue weighted by Crippen LogP contribution is 2.33. The average Bonchev–Trinajstić information content (AvgIpc) is 3.15. The van der Waals surface area contributed by atoms with Crippen LogP contribution in [-0.2, 0) is 0 Å². The van der Waals surface area contributed by atoms with Crippen LogP contribution in [0, 0.1) is 5.82 Å². The summed E-state index contributed by atoms with van der Waals surface area (Å²) in [6, 6.07) is 8.33. The molecule has 3 aromatic rings. The van der Waals surface area contributed by atoms with Crippen LogP contribution in [0.4, 0.5) is 4.39 Å². The highest BCUT2D eigenvalue weighted by atomic mass is 32.2. The van der Waals surface area contributed by atoms with E-state index in [0.29, 0.717) is 11.1 Å². The number of hydrogen-bond donors (Lipinski definition) is 2. The van der Waals surface area contributed by atoms with Crippen molar-refractivity contribution in [3.63, 3.8) is 0 Å². The lowest BCUT2D eigenvalue weighted by molar-refractivity contribution is 0.447. The molecule has 2 N–H and O–H groups in total. The summed E-state index contributed by atoms with van der Waals surface area (Å²) >= 11 is 1.50. The number of piperidine rings is 1. The second-order valence-corrected chi connectivity index (χ2v) is 7.08. The summed E-state index contributed by atoms with van der Waals surface area (Å²) in [4.78, 5) is 17.3. The van der Waals surface area contributed by atoms with Gasteiger partial charge in [-0.05, 0) is 62.5 Å². The summed E-state index contributed by atoms with van der Waals surface area (Å²) in [6.45, 7) is 1.99. The first-order valence-corrected chi connectivity index (χ1v) is 9.91. The van der Waals surface area contributed by atoms with E-state index in [1.54, 1.807) is 18.3 Å². The number of nitrogens with one attached hydrogen (secondary N) is 2.